The number of amidine groups is 1. The maximum Gasteiger partial charge on any atom is 0.262 e. The van der Waals surface area contributed by atoms with Crippen LogP contribution in [0.1, 0.15) is 33.6 Å². The van der Waals surface area contributed by atoms with E-state index in [0.29, 0.717) is 54.3 Å². The van der Waals surface area contributed by atoms with E-state index in [0.717, 1.165) is 16.8 Å². The molecule has 34 heavy (non-hydrogen) atoms. The lowest BCUT2D eigenvalue weighted by molar-refractivity contribution is -0.124. The molecule has 0 saturated carbocycles. The predicted molar refractivity (Wildman–Crippen MR) is 131 cm³/mol. The van der Waals surface area contributed by atoms with Crippen molar-refractivity contribution >= 4 is 46.2 Å². The molecule has 2 saturated heterocycles. The van der Waals surface area contributed by atoms with Gasteiger partial charge >= 0.3 is 0 Å². The number of anilines is 1. The summed E-state index contributed by atoms with van der Waals surface area (Å²) >= 11 is 7.13. The van der Waals surface area contributed by atoms with Gasteiger partial charge in [0.25, 0.3) is 5.91 Å². The summed E-state index contributed by atoms with van der Waals surface area (Å²) in [7, 11) is 0. The average Bonchev–Trinajstić information content (AvgIpc) is 3.40. The lowest BCUT2D eigenvalue weighted by Crippen LogP contribution is -2.55. The highest BCUT2D eigenvalue weighted by molar-refractivity contribution is 7.18. The number of hydrogen-bond donors (Lipinski definition) is 1. The van der Waals surface area contributed by atoms with Gasteiger partial charge in [-0.25, -0.2) is 0 Å². The van der Waals surface area contributed by atoms with Crippen molar-refractivity contribution in [2.45, 2.75) is 31.7 Å². The molecule has 1 N–H and O–H groups in total. The molecular weight excluding hydrogens is 476 g/mol. The number of rotatable bonds is 6. The second-order valence-electron chi connectivity index (χ2n) is 8.31. The summed E-state index contributed by atoms with van der Waals surface area (Å²) < 4.78 is 11.6. The highest BCUT2D eigenvalue weighted by Crippen LogP contribution is 2.28. The molecular formula is C24H25ClN4O4S. The summed E-state index contributed by atoms with van der Waals surface area (Å²) in [5, 5.41) is 12.0. The Kier molecular flexibility index (Phi) is 7.63. The minimum atomic E-state index is -1.06. The monoisotopic (exact) mass is 500 g/mol. The van der Waals surface area contributed by atoms with Gasteiger partial charge in [-0.2, -0.15) is 10.3 Å². The van der Waals surface area contributed by atoms with Gasteiger partial charge in [-0.1, -0.05) is 23.7 Å². The second kappa shape index (κ2) is 10.7. The van der Waals surface area contributed by atoms with Gasteiger partial charge in [0.1, 0.15) is 11.4 Å². The quantitative estimate of drug-likeness (QED) is 0.608. The van der Waals surface area contributed by atoms with E-state index >= 15 is 0 Å². The topological polar surface area (TPSA) is 104 Å². The molecule has 8 nitrogen and oxygen atoms in total. The Morgan fingerprint density at radius 2 is 2.12 bits per heavy atom. The summed E-state index contributed by atoms with van der Waals surface area (Å²) in [6.07, 6.45) is 3.03. The summed E-state index contributed by atoms with van der Waals surface area (Å²) in [6, 6.07) is 9.12. The number of benzene rings is 1. The standard InChI is InChI=1S/C24H25ClN4O4S/c1-16-12-17(2-3-18(16)29-8-11-32-9-6-22(29)27-15-26)13-20(30)24(7-10-33-14-24)28-23(31)19-4-5-21(25)34-19/h2-5,12H,6-11,13-14H2,1H3,(H,28,31)/t24-/m0/s1. The molecule has 0 bridgehead atoms. The van der Waals surface area contributed by atoms with Crippen LogP contribution in [-0.2, 0) is 20.7 Å². The second-order valence-corrected chi connectivity index (χ2v) is 10.0. The number of carbonyl (C=O) groups excluding carboxylic acids is 2. The minimum absolute atomic E-state index is 0.0944. The smallest absolute Gasteiger partial charge is 0.262 e. The number of ether oxygens (including phenoxy) is 2. The molecule has 0 radical (unpaired) electrons. The third kappa shape index (κ3) is 5.31. The third-order valence-corrected chi connectivity index (χ3v) is 7.27. The molecule has 2 fully saturated rings. The molecule has 2 aliphatic heterocycles. The fraction of sp³-hybridized carbons (Fsp3) is 0.417. The molecule has 1 amide bonds. The van der Waals surface area contributed by atoms with E-state index in [1.165, 1.54) is 11.3 Å². The molecule has 0 unspecified atom stereocenters. The molecule has 2 aromatic rings. The zero-order chi connectivity index (χ0) is 24.1. The molecule has 2 aliphatic rings. The summed E-state index contributed by atoms with van der Waals surface area (Å²) in [6.45, 7) is 4.19. The molecule has 0 spiro atoms. The van der Waals surface area contributed by atoms with Gasteiger partial charge in [0, 0.05) is 38.1 Å². The highest BCUT2D eigenvalue weighted by Gasteiger charge is 2.43. The first-order valence-corrected chi connectivity index (χ1v) is 12.2. The van der Waals surface area contributed by atoms with E-state index < -0.39 is 5.54 Å². The number of hydrogen-bond acceptors (Lipinski definition) is 7. The van der Waals surface area contributed by atoms with E-state index in [1.54, 1.807) is 12.1 Å². The number of nitrogens with one attached hydrogen (secondary N) is 1. The molecule has 0 aliphatic carbocycles. The van der Waals surface area contributed by atoms with Gasteiger partial charge in [0.15, 0.2) is 5.78 Å². The largest absolute Gasteiger partial charge is 0.379 e. The number of carbonyl (C=O) groups is 2. The first-order chi connectivity index (χ1) is 16.4. The minimum Gasteiger partial charge on any atom is -0.379 e. The van der Waals surface area contributed by atoms with Crippen LogP contribution in [-0.4, -0.2) is 56.0 Å². The molecule has 3 heterocycles. The van der Waals surface area contributed by atoms with Crippen LogP contribution < -0.4 is 10.2 Å². The number of thiophene rings is 1. The molecule has 4 rings (SSSR count). The SMILES string of the molecule is Cc1cc(CC(=O)[C@]2(NC(=O)c3ccc(Cl)s3)CCOC2)ccc1N1CCOCCC1=NC#N. The van der Waals surface area contributed by atoms with Crippen molar-refractivity contribution < 1.29 is 19.1 Å². The fourth-order valence-electron chi connectivity index (χ4n) is 4.27. The summed E-state index contributed by atoms with van der Waals surface area (Å²) in [5.41, 5.74) is 1.68. The van der Waals surface area contributed by atoms with Crippen LogP contribution in [0.15, 0.2) is 35.3 Å². The summed E-state index contributed by atoms with van der Waals surface area (Å²) in [4.78, 5) is 32.6. The number of halogens is 1. The van der Waals surface area contributed by atoms with Gasteiger partial charge in [-0.05, 0) is 36.2 Å². The van der Waals surface area contributed by atoms with E-state index in [4.69, 9.17) is 26.3 Å². The van der Waals surface area contributed by atoms with E-state index in [2.05, 4.69) is 10.3 Å². The van der Waals surface area contributed by atoms with Crippen LogP contribution in [0.4, 0.5) is 5.69 Å². The maximum atomic E-state index is 13.4. The number of aryl methyl sites for hydroxylation is 1. The fourth-order valence-corrected chi connectivity index (χ4v) is 5.21. The van der Waals surface area contributed by atoms with Crippen molar-refractivity contribution in [1.82, 2.24) is 5.32 Å². The maximum absolute atomic E-state index is 13.4. The number of aliphatic imine (C=N–C) groups is 1. The third-order valence-electron chi connectivity index (χ3n) is 6.04. The Balaban J connectivity index is 1.51. The van der Waals surface area contributed by atoms with Gasteiger partial charge < -0.3 is 19.7 Å². The molecule has 1 aromatic carbocycles. The Labute approximate surface area is 207 Å². The number of nitrogens with zero attached hydrogens (tertiary/aromatic N) is 3. The van der Waals surface area contributed by atoms with Crippen molar-refractivity contribution in [3.63, 3.8) is 0 Å². The van der Waals surface area contributed by atoms with Gasteiger partial charge in [-0.3, -0.25) is 9.59 Å². The molecule has 10 heteroatoms. The Bertz CT molecular complexity index is 1150. The molecule has 1 atom stereocenters. The molecule has 1 aromatic heterocycles. The predicted octanol–water partition coefficient (Wildman–Crippen LogP) is 3.52. The number of nitriles is 1. The lowest BCUT2D eigenvalue weighted by atomic mass is 9.88. The zero-order valence-electron chi connectivity index (χ0n) is 18.8. The van der Waals surface area contributed by atoms with Crippen LogP contribution in [0.3, 0.4) is 0 Å². The Hall–Kier alpha value is -2.77. The first kappa shape index (κ1) is 24.4. The Morgan fingerprint density at radius 1 is 1.26 bits per heavy atom. The van der Waals surface area contributed by atoms with Crippen LogP contribution in [0.5, 0.6) is 0 Å². The van der Waals surface area contributed by atoms with Crippen LogP contribution >= 0.6 is 22.9 Å². The van der Waals surface area contributed by atoms with Gasteiger partial charge in [0.05, 0.1) is 29.0 Å². The van der Waals surface area contributed by atoms with E-state index in [1.807, 2.05) is 36.2 Å². The van der Waals surface area contributed by atoms with Crippen LogP contribution in [0.2, 0.25) is 4.34 Å². The summed E-state index contributed by atoms with van der Waals surface area (Å²) in [5.74, 6) is 0.253. The van der Waals surface area contributed by atoms with Crippen molar-refractivity contribution in [2.75, 3.05) is 37.9 Å². The van der Waals surface area contributed by atoms with Gasteiger partial charge in [-0.15, -0.1) is 11.3 Å². The van der Waals surface area contributed by atoms with Crippen molar-refractivity contribution in [3.05, 3.63) is 50.7 Å². The van der Waals surface area contributed by atoms with E-state index in [-0.39, 0.29) is 24.7 Å². The zero-order valence-corrected chi connectivity index (χ0v) is 20.4. The normalized spacial score (nSPS) is 21.8. The lowest BCUT2D eigenvalue weighted by Gasteiger charge is -2.28. The van der Waals surface area contributed by atoms with Gasteiger partial charge in [0.2, 0.25) is 6.19 Å². The number of Topliss-reactive ketones (excluding diaryl/α,β-unsaturated/α-hetero) is 1. The average molecular weight is 501 g/mol. The van der Waals surface area contributed by atoms with Crippen molar-refractivity contribution in [2.24, 2.45) is 4.99 Å². The van der Waals surface area contributed by atoms with Crippen LogP contribution in [0.25, 0.3) is 0 Å². The first-order valence-electron chi connectivity index (χ1n) is 11.0. The highest BCUT2D eigenvalue weighted by atomic mass is 35.5. The number of ketones is 1. The van der Waals surface area contributed by atoms with Crippen molar-refractivity contribution in [1.29, 1.82) is 5.26 Å². The molecule has 178 valence electrons. The Morgan fingerprint density at radius 3 is 2.79 bits per heavy atom. The number of amides is 1. The van der Waals surface area contributed by atoms with Crippen molar-refractivity contribution in [3.8, 4) is 6.19 Å². The van der Waals surface area contributed by atoms with Crippen LogP contribution in [0, 0.1) is 18.4 Å². The van der Waals surface area contributed by atoms with E-state index in [9.17, 15) is 9.59 Å².